The Balaban J connectivity index is 1.37. The molecular weight excluding hydrogens is 540 g/mol. The Labute approximate surface area is 220 Å². The molecule has 0 radical (unpaired) electrons. The van der Waals surface area contributed by atoms with Crippen molar-refractivity contribution in [1.29, 1.82) is 0 Å². The van der Waals surface area contributed by atoms with Gasteiger partial charge in [-0.25, -0.2) is 9.78 Å². The molecule has 2 amide bonds. The Kier molecular flexibility index (Phi) is 6.45. The fourth-order valence-corrected chi connectivity index (χ4v) is 6.01. The summed E-state index contributed by atoms with van der Waals surface area (Å²) in [6.45, 7) is 0.106. The van der Waals surface area contributed by atoms with Crippen LogP contribution in [-0.4, -0.2) is 72.7 Å². The lowest BCUT2D eigenvalue weighted by Crippen LogP contribution is -2.71. The number of carbonyl (C=O) groups is 3. The summed E-state index contributed by atoms with van der Waals surface area (Å²) in [6, 6.07) is 0.582. The molecule has 0 bridgehead atoms. The number of carbonyl (C=O) groups excluding carboxylic acids is 2. The first-order chi connectivity index (χ1) is 18.2. The van der Waals surface area contributed by atoms with Gasteiger partial charge in [0.25, 0.3) is 11.8 Å². The monoisotopic (exact) mass is 559 g/mol. The van der Waals surface area contributed by atoms with Crippen LogP contribution < -0.4 is 26.7 Å². The van der Waals surface area contributed by atoms with Gasteiger partial charge in [-0.15, -0.1) is 23.1 Å². The van der Waals surface area contributed by atoms with Crippen molar-refractivity contribution in [3.63, 3.8) is 0 Å². The number of hydrogen-bond acceptors (Lipinski definition) is 11. The highest BCUT2D eigenvalue weighted by Gasteiger charge is 2.54. The summed E-state index contributed by atoms with van der Waals surface area (Å²) < 4.78 is 1.63. The number of β-lactam (4-membered cyclic amide) rings is 1. The number of rotatable bonds is 7. The van der Waals surface area contributed by atoms with E-state index in [4.69, 9.17) is 10.6 Å². The van der Waals surface area contributed by atoms with Crippen LogP contribution in [0.15, 0.2) is 49.9 Å². The lowest BCUT2D eigenvalue weighted by molar-refractivity contribution is -0.687. The van der Waals surface area contributed by atoms with Crippen molar-refractivity contribution in [3.05, 3.63) is 61.5 Å². The maximum absolute atomic E-state index is 13.0. The minimum atomic E-state index is -1.29. The van der Waals surface area contributed by atoms with E-state index in [2.05, 4.69) is 25.4 Å². The number of carboxylic acid groups (broad SMARTS) is 1. The molecule has 2 aliphatic heterocycles. The molecule has 5 rings (SSSR count). The molecule has 15 nitrogen and oxygen atoms in total. The molecule has 2 aliphatic rings. The number of nitrogens with zero attached hydrogens (tertiary/aromatic N) is 4. The van der Waals surface area contributed by atoms with E-state index in [0.29, 0.717) is 16.6 Å². The van der Waals surface area contributed by atoms with Crippen molar-refractivity contribution in [2.45, 2.75) is 18.0 Å². The van der Waals surface area contributed by atoms with Crippen LogP contribution in [-0.2, 0) is 25.8 Å². The number of carboxylic acids is 1. The zero-order valence-corrected chi connectivity index (χ0v) is 21.1. The molecule has 1 fully saturated rings. The molecular formula is C21H19N8O7S2+. The molecule has 0 aromatic carbocycles. The van der Waals surface area contributed by atoms with Gasteiger partial charge < -0.3 is 31.0 Å². The number of oxime groups is 1. The van der Waals surface area contributed by atoms with Gasteiger partial charge in [0.2, 0.25) is 0 Å². The van der Waals surface area contributed by atoms with Crippen LogP contribution in [0.25, 0.3) is 11.0 Å². The van der Waals surface area contributed by atoms with Gasteiger partial charge in [-0.3, -0.25) is 24.1 Å². The molecule has 38 heavy (non-hydrogen) atoms. The average Bonchev–Trinajstić information content (AvgIpc) is 3.31. The third kappa shape index (κ3) is 4.41. The number of pyridine rings is 1. The number of aromatic nitrogens is 4. The van der Waals surface area contributed by atoms with Crippen molar-refractivity contribution in [2.24, 2.45) is 5.16 Å². The predicted octanol–water partition coefficient (Wildman–Crippen LogP) is -1.67. The van der Waals surface area contributed by atoms with Crippen LogP contribution in [0.5, 0.6) is 0 Å². The van der Waals surface area contributed by atoms with E-state index < -0.39 is 40.3 Å². The zero-order chi connectivity index (χ0) is 27.1. The number of amides is 2. The van der Waals surface area contributed by atoms with Gasteiger partial charge in [0.05, 0.1) is 5.52 Å². The van der Waals surface area contributed by atoms with E-state index in [1.54, 1.807) is 23.0 Å². The Morgan fingerprint density at radius 3 is 2.71 bits per heavy atom. The minimum Gasteiger partial charge on any atom is -0.477 e. The second-order valence-electron chi connectivity index (χ2n) is 8.16. The number of aliphatic carboxylic acids is 1. The summed E-state index contributed by atoms with van der Waals surface area (Å²) in [6.07, 6.45) is 3.17. The summed E-state index contributed by atoms with van der Waals surface area (Å²) in [5, 5.41) is 17.3. The fourth-order valence-electron chi connectivity index (χ4n) is 4.13. The Morgan fingerprint density at radius 1 is 1.32 bits per heavy atom. The van der Waals surface area contributed by atoms with Crippen LogP contribution in [0.3, 0.4) is 0 Å². The second kappa shape index (κ2) is 9.75. The van der Waals surface area contributed by atoms with Gasteiger partial charge in [0.1, 0.15) is 35.4 Å². The normalized spacial score (nSPS) is 19.2. The van der Waals surface area contributed by atoms with Crippen molar-refractivity contribution >= 4 is 62.8 Å². The highest BCUT2D eigenvalue weighted by Crippen LogP contribution is 2.40. The molecule has 0 aliphatic carbocycles. The predicted molar refractivity (Wildman–Crippen MR) is 135 cm³/mol. The smallest absolute Gasteiger partial charge is 0.352 e. The van der Waals surface area contributed by atoms with Gasteiger partial charge in [-0.1, -0.05) is 5.16 Å². The summed E-state index contributed by atoms with van der Waals surface area (Å²) in [7, 11) is 1.26. The van der Waals surface area contributed by atoms with Crippen molar-refractivity contribution in [2.75, 3.05) is 18.6 Å². The Hall–Kier alpha value is -4.51. The van der Waals surface area contributed by atoms with Crippen LogP contribution in [0, 0.1) is 0 Å². The molecule has 1 saturated heterocycles. The molecule has 2 atom stereocenters. The maximum atomic E-state index is 13.0. The van der Waals surface area contributed by atoms with Crippen molar-refractivity contribution in [3.8, 4) is 0 Å². The second-order valence-corrected chi connectivity index (χ2v) is 10.2. The highest BCUT2D eigenvalue weighted by atomic mass is 32.2. The molecule has 17 heteroatoms. The van der Waals surface area contributed by atoms with Crippen molar-refractivity contribution in [1.82, 2.24) is 25.2 Å². The maximum Gasteiger partial charge on any atom is 0.352 e. The molecule has 3 aromatic heterocycles. The minimum absolute atomic E-state index is 0.106. The van der Waals surface area contributed by atoms with E-state index in [9.17, 15) is 29.1 Å². The topological polar surface area (TPSA) is 217 Å². The lowest BCUT2D eigenvalue weighted by Gasteiger charge is -2.49. The summed E-state index contributed by atoms with van der Waals surface area (Å²) in [5.41, 5.74) is 5.09. The number of thioether (sulfide) groups is 1. The molecule has 0 spiro atoms. The van der Waals surface area contributed by atoms with E-state index >= 15 is 0 Å². The number of nitrogens with one attached hydrogen (secondary N) is 3. The first-order valence-electron chi connectivity index (χ1n) is 10.9. The largest absolute Gasteiger partial charge is 0.477 e. The molecule has 0 saturated carbocycles. The number of nitrogen functional groups attached to an aromatic ring is 1. The quantitative estimate of drug-likeness (QED) is 0.0729. The van der Waals surface area contributed by atoms with Crippen molar-refractivity contribution < 1.29 is 28.9 Å². The number of anilines is 1. The van der Waals surface area contributed by atoms with E-state index in [1.807, 2.05) is 0 Å². The Morgan fingerprint density at radius 2 is 2.05 bits per heavy atom. The molecule has 1 unspecified atom stereocenters. The van der Waals surface area contributed by atoms with Gasteiger partial charge in [0.15, 0.2) is 29.8 Å². The van der Waals surface area contributed by atoms with E-state index in [1.165, 1.54) is 24.3 Å². The van der Waals surface area contributed by atoms with E-state index in [0.717, 1.165) is 16.2 Å². The lowest BCUT2D eigenvalue weighted by atomic mass is 10.0. The Bertz CT molecular complexity index is 1670. The molecule has 196 valence electrons. The van der Waals surface area contributed by atoms with Crippen LogP contribution >= 0.6 is 23.1 Å². The third-order valence-corrected chi connectivity index (χ3v) is 7.81. The molecule has 6 N–H and O–H groups in total. The zero-order valence-electron chi connectivity index (χ0n) is 19.5. The first-order valence-corrected chi connectivity index (χ1v) is 12.8. The highest BCUT2D eigenvalue weighted by molar-refractivity contribution is 8.00. The van der Waals surface area contributed by atoms with Crippen LogP contribution in [0.1, 0.15) is 5.69 Å². The first kappa shape index (κ1) is 25.2. The standard InChI is InChI=1S/C21H18N8O7S2/c1-36-27-12(11-7-38-21(22)25-11)15(30)26-13-18(33)29-14(20(34)35)8(6-37-19(13)29)4-28-3-2-9-10(5-28)24-17(32)16(31)23-9/h2-3,5,7,13,19H,4,6H2,1H3,(H5,22,24,25,26,30,32,34,35)/p+1/b27-12+/t13-,19?/m1/s1. The number of H-pyrrole nitrogens is 2. The SMILES string of the molecule is CO/N=C(/C(=O)N[C@@H]1C(=O)N2C(C(=O)O)=C(C[n+]3ccc4[nH]c(=O)c(=O)[nH]c4c3)CSC12)c1csc(N)n1. The summed E-state index contributed by atoms with van der Waals surface area (Å²) >= 11 is 2.40. The number of thiazole rings is 1. The van der Waals surface area contributed by atoms with Gasteiger partial charge in [-0.2, -0.15) is 4.57 Å². The number of aromatic amines is 2. The van der Waals surface area contributed by atoms with Gasteiger partial charge in [-0.05, 0) is 0 Å². The van der Waals surface area contributed by atoms with Gasteiger partial charge in [0, 0.05) is 22.8 Å². The molecule has 5 heterocycles. The molecule has 3 aromatic rings. The summed E-state index contributed by atoms with van der Waals surface area (Å²) in [5.74, 6) is -2.34. The average molecular weight is 560 g/mol. The number of fused-ring (bicyclic) bond motifs is 2. The van der Waals surface area contributed by atoms with Crippen LogP contribution in [0.2, 0.25) is 0 Å². The van der Waals surface area contributed by atoms with Crippen LogP contribution in [0.4, 0.5) is 5.13 Å². The van der Waals surface area contributed by atoms with E-state index in [-0.39, 0.29) is 34.5 Å². The fraction of sp³-hybridized carbons (Fsp3) is 0.238. The third-order valence-electron chi connectivity index (χ3n) is 5.79. The number of hydrogen-bond donors (Lipinski definition) is 5. The van der Waals surface area contributed by atoms with Gasteiger partial charge >= 0.3 is 17.1 Å². The summed E-state index contributed by atoms with van der Waals surface area (Å²) in [4.78, 5) is 76.1. The number of nitrogens with two attached hydrogens (primary N) is 1.